The first-order valence-corrected chi connectivity index (χ1v) is 7.96. The third kappa shape index (κ3) is 2.21. The molecule has 3 aromatic rings. The topological polar surface area (TPSA) is 48.3 Å². The summed E-state index contributed by atoms with van der Waals surface area (Å²) in [5, 5.41) is 8.33. The summed E-state index contributed by atoms with van der Waals surface area (Å²) in [7, 11) is 3.37. The highest BCUT2D eigenvalue weighted by Crippen LogP contribution is 2.39. The summed E-state index contributed by atoms with van der Waals surface area (Å²) in [6.07, 6.45) is 0.942. The van der Waals surface area contributed by atoms with E-state index in [1.54, 1.807) is 14.2 Å². The third-order valence-corrected chi connectivity index (χ3v) is 4.33. The van der Waals surface area contributed by atoms with Crippen molar-refractivity contribution in [3.8, 4) is 28.4 Å². The van der Waals surface area contributed by atoms with Crippen molar-refractivity contribution in [3.05, 3.63) is 54.1 Å². The van der Waals surface area contributed by atoms with Crippen LogP contribution in [0.1, 0.15) is 5.56 Å². The largest absolute Gasteiger partial charge is 0.496 e. The summed E-state index contributed by atoms with van der Waals surface area (Å²) < 4.78 is 13.0. The average Bonchev–Trinajstić information content (AvgIpc) is 3.24. The minimum atomic E-state index is 0.795. The van der Waals surface area contributed by atoms with Gasteiger partial charge in [-0.15, -0.1) is 0 Å². The average molecular weight is 321 g/mol. The molecule has 0 amide bonds. The lowest BCUT2D eigenvalue weighted by molar-refractivity contribution is 0.412. The van der Waals surface area contributed by atoms with E-state index in [0.29, 0.717) is 0 Å². The number of nitrogens with one attached hydrogen (secondary N) is 1. The van der Waals surface area contributed by atoms with Crippen molar-refractivity contribution < 1.29 is 9.47 Å². The number of anilines is 1. The number of fused-ring (bicyclic) bond motifs is 1. The molecule has 5 nitrogen and oxygen atoms in total. The quantitative estimate of drug-likeness (QED) is 0.799. The number of aromatic nitrogens is 2. The van der Waals surface area contributed by atoms with Crippen molar-refractivity contribution in [1.82, 2.24) is 9.78 Å². The molecule has 0 saturated carbocycles. The van der Waals surface area contributed by atoms with Gasteiger partial charge in [-0.3, -0.25) is 0 Å². The van der Waals surface area contributed by atoms with Crippen LogP contribution in [0.3, 0.4) is 0 Å². The first kappa shape index (κ1) is 14.6. The summed E-state index contributed by atoms with van der Waals surface area (Å²) in [6, 6.07) is 15.9. The fraction of sp³-hybridized carbons (Fsp3) is 0.211. The SMILES string of the molecule is COc1ccccc1-c1nn(-c2ccccc2OC)c2c1CCN2. The van der Waals surface area contributed by atoms with E-state index in [1.807, 2.05) is 53.2 Å². The Morgan fingerprint density at radius 3 is 2.46 bits per heavy atom. The molecule has 1 aromatic heterocycles. The van der Waals surface area contributed by atoms with Gasteiger partial charge in [-0.1, -0.05) is 24.3 Å². The highest BCUT2D eigenvalue weighted by Gasteiger charge is 2.26. The molecule has 24 heavy (non-hydrogen) atoms. The highest BCUT2D eigenvalue weighted by atomic mass is 16.5. The molecule has 0 aliphatic carbocycles. The number of para-hydroxylation sites is 3. The van der Waals surface area contributed by atoms with Crippen molar-refractivity contribution in [3.63, 3.8) is 0 Å². The lowest BCUT2D eigenvalue weighted by Gasteiger charge is -2.11. The molecule has 1 aliphatic rings. The van der Waals surface area contributed by atoms with Crippen LogP contribution in [0.4, 0.5) is 5.82 Å². The molecule has 0 atom stereocenters. The van der Waals surface area contributed by atoms with Crippen molar-refractivity contribution in [1.29, 1.82) is 0 Å². The zero-order chi connectivity index (χ0) is 16.5. The molecule has 0 bridgehead atoms. The first-order chi connectivity index (χ1) is 11.8. The van der Waals surface area contributed by atoms with Gasteiger partial charge in [0.05, 0.1) is 14.2 Å². The van der Waals surface area contributed by atoms with Crippen molar-refractivity contribution >= 4 is 5.82 Å². The Morgan fingerprint density at radius 2 is 1.67 bits per heavy atom. The molecule has 122 valence electrons. The van der Waals surface area contributed by atoms with Gasteiger partial charge < -0.3 is 14.8 Å². The van der Waals surface area contributed by atoms with Gasteiger partial charge in [0.2, 0.25) is 0 Å². The van der Waals surface area contributed by atoms with Crippen LogP contribution in [0.5, 0.6) is 11.5 Å². The van der Waals surface area contributed by atoms with Crippen molar-refractivity contribution in [2.45, 2.75) is 6.42 Å². The van der Waals surface area contributed by atoms with Gasteiger partial charge in [0.15, 0.2) is 0 Å². The fourth-order valence-corrected chi connectivity index (χ4v) is 3.21. The molecule has 2 aromatic carbocycles. The predicted octanol–water partition coefficient (Wildman–Crippen LogP) is 3.52. The van der Waals surface area contributed by atoms with Gasteiger partial charge in [0, 0.05) is 17.7 Å². The van der Waals surface area contributed by atoms with Crippen LogP contribution in [0.2, 0.25) is 0 Å². The number of hydrogen-bond acceptors (Lipinski definition) is 4. The highest BCUT2D eigenvalue weighted by molar-refractivity contribution is 5.77. The predicted molar refractivity (Wildman–Crippen MR) is 94.3 cm³/mol. The van der Waals surface area contributed by atoms with Crippen LogP contribution in [0.25, 0.3) is 16.9 Å². The van der Waals surface area contributed by atoms with E-state index in [-0.39, 0.29) is 0 Å². The van der Waals surface area contributed by atoms with Gasteiger partial charge in [-0.2, -0.15) is 5.10 Å². The summed E-state index contributed by atoms with van der Waals surface area (Å²) in [4.78, 5) is 0. The standard InChI is InChI=1S/C19H19N3O2/c1-23-16-9-5-3-7-13(16)18-14-11-12-20-19(14)22(21-18)15-8-4-6-10-17(15)24-2/h3-10,20H,11-12H2,1-2H3. The minimum Gasteiger partial charge on any atom is -0.496 e. The fourth-order valence-electron chi connectivity index (χ4n) is 3.21. The van der Waals surface area contributed by atoms with Gasteiger partial charge in [0.25, 0.3) is 0 Å². The normalized spacial score (nSPS) is 12.6. The second kappa shape index (κ2) is 5.92. The maximum Gasteiger partial charge on any atom is 0.144 e. The smallest absolute Gasteiger partial charge is 0.144 e. The number of benzene rings is 2. The Balaban J connectivity index is 1.93. The van der Waals surface area contributed by atoms with Gasteiger partial charge in [-0.25, -0.2) is 4.68 Å². The number of methoxy groups -OCH3 is 2. The van der Waals surface area contributed by atoms with Crippen LogP contribution in [-0.4, -0.2) is 30.5 Å². The summed E-state index contributed by atoms with van der Waals surface area (Å²) in [6.45, 7) is 0.907. The monoisotopic (exact) mass is 321 g/mol. The van der Waals surface area contributed by atoms with Crippen LogP contribution in [0, 0.1) is 0 Å². The van der Waals surface area contributed by atoms with E-state index in [9.17, 15) is 0 Å². The van der Waals surface area contributed by atoms with Gasteiger partial charge in [-0.05, 0) is 30.7 Å². The second-order valence-corrected chi connectivity index (χ2v) is 5.64. The molecule has 0 saturated heterocycles. The maximum absolute atomic E-state index is 5.53. The Bertz CT molecular complexity index is 816. The van der Waals surface area contributed by atoms with E-state index in [1.165, 1.54) is 5.56 Å². The molecule has 4 rings (SSSR count). The number of ether oxygens (including phenoxy) is 2. The van der Waals surface area contributed by atoms with Crippen LogP contribution >= 0.6 is 0 Å². The molecular weight excluding hydrogens is 302 g/mol. The lowest BCUT2D eigenvalue weighted by atomic mass is 10.1. The van der Waals surface area contributed by atoms with Crippen molar-refractivity contribution in [2.24, 2.45) is 0 Å². The molecule has 0 radical (unpaired) electrons. The van der Waals surface area contributed by atoms with Crippen LogP contribution < -0.4 is 14.8 Å². The van der Waals surface area contributed by atoms with Gasteiger partial charge in [0.1, 0.15) is 28.7 Å². The van der Waals surface area contributed by atoms with E-state index in [0.717, 1.165) is 47.2 Å². The molecule has 1 aliphatic heterocycles. The molecule has 0 unspecified atom stereocenters. The van der Waals surface area contributed by atoms with E-state index in [4.69, 9.17) is 14.6 Å². The Hall–Kier alpha value is -2.95. The summed E-state index contributed by atoms with van der Waals surface area (Å²) in [5.74, 6) is 2.65. The summed E-state index contributed by atoms with van der Waals surface area (Å²) in [5.41, 5.74) is 4.10. The van der Waals surface area contributed by atoms with Crippen LogP contribution in [0.15, 0.2) is 48.5 Å². The molecule has 0 fully saturated rings. The lowest BCUT2D eigenvalue weighted by Crippen LogP contribution is -2.05. The Morgan fingerprint density at radius 1 is 0.958 bits per heavy atom. The molecule has 0 spiro atoms. The molecule has 1 N–H and O–H groups in total. The number of rotatable bonds is 4. The first-order valence-electron chi connectivity index (χ1n) is 7.96. The molecular formula is C19H19N3O2. The Kier molecular flexibility index (Phi) is 3.61. The number of nitrogens with zero attached hydrogens (tertiary/aromatic N) is 2. The van der Waals surface area contributed by atoms with E-state index >= 15 is 0 Å². The molecule has 2 heterocycles. The molecule has 5 heteroatoms. The number of hydrogen-bond donors (Lipinski definition) is 1. The Labute approximate surface area is 140 Å². The van der Waals surface area contributed by atoms with E-state index in [2.05, 4.69) is 5.32 Å². The minimum absolute atomic E-state index is 0.795. The van der Waals surface area contributed by atoms with E-state index < -0.39 is 0 Å². The maximum atomic E-state index is 5.53. The zero-order valence-corrected chi connectivity index (χ0v) is 13.7. The van der Waals surface area contributed by atoms with Gasteiger partial charge >= 0.3 is 0 Å². The zero-order valence-electron chi connectivity index (χ0n) is 13.7. The van der Waals surface area contributed by atoms with Crippen molar-refractivity contribution in [2.75, 3.05) is 26.1 Å². The third-order valence-electron chi connectivity index (χ3n) is 4.33. The second-order valence-electron chi connectivity index (χ2n) is 5.64. The summed E-state index contributed by atoms with van der Waals surface area (Å²) >= 11 is 0. The van der Waals surface area contributed by atoms with Crippen LogP contribution in [-0.2, 0) is 6.42 Å².